The average Bonchev–Trinajstić information content (AvgIpc) is 2.39. The van der Waals surface area contributed by atoms with Crippen LogP contribution in [0.2, 0.25) is 5.02 Å². The maximum absolute atomic E-state index is 6.17. The zero-order chi connectivity index (χ0) is 12.5. The van der Waals surface area contributed by atoms with E-state index < -0.39 is 0 Å². The number of fused-ring (bicyclic) bond motifs is 1. The van der Waals surface area contributed by atoms with E-state index in [1.807, 2.05) is 36.4 Å². The number of hydrogen-bond acceptors (Lipinski definition) is 3. The summed E-state index contributed by atoms with van der Waals surface area (Å²) >= 11 is 6.17. The molecule has 0 saturated heterocycles. The first-order valence-corrected chi connectivity index (χ1v) is 5.81. The van der Waals surface area contributed by atoms with E-state index in [0.29, 0.717) is 10.5 Å². The van der Waals surface area contributed by atoms with Gasteiger partial charge in [0.15, 0.2) is 0 Å². The van der Waals surface area contributed by atoms with Crippen molar-refractivity contribution < 1.29 is 0 Å². The predicted molar refractivity (Wildman–Crippen MR) is 73.2 cm³/mol. The Morgan fingerprint density at radius 3 is 2.89 bits per heavy atom. The minimum Gasteiger partial charge on any atom is -0.368 e. The van der Waals surface area contributed by atoms with Crippen LogP contribution in [0.25, 0.3) is 22.0 Å². The number of nitrogen functional groups attached to an aromatic ring is 1. The molecule has 0 aliphatic heterocycles. The summed E-state index contributed by atoms with van der Waals surface area (Å²) in [7, 11) is 0. The maximum atomic E-state index is 6.17. The third kappa shape index (κ3) is 1.89. The molecule has 0 saturated carbocycles. The van der Waals surface area contributed by atoms with Crippen molar-refractivity contribution in [3.63, 3.8) is 0 Å². The molecule has 0 spiro atoms. The lowest BCUT2D eigenvalue weighted by atomic mass is 10.0. The summed E-state index contributed by atoms with van der Waals surface area (Å²) in [6.45, 7) is 0. The molecule has 1 radical (unpaired) electrons. The lowest BCUT2D eigenvalue weighted by molar-refractivity contribution is 1.24. The van der Waals surface area contributed by atoms with Crippen LogP contribution in [0.15, 0.2) is 42.6 Å². The second-order valence-corrected chi connectivity index (χ2v) is 4.31. The molecule has 1 heterocycles. The van der Waals surface area contributed by atoms with Gasteiger partial charge in [0.05, 0.1) is 5.52 Å². The standard InChI is InChI=1S/C14H9ClN3/c15-12-4-2-1-3-11(12)9-5-6-13-10(7-9)8-17-14(16)18-13/h1-5,7-8H,(H2,16,17,18). The van der Waals surface area contributed by atoms with Gasteiger partial charge in [-0.05, 0) is 23.8 Å². The molecule has 3 nitrogen and oxygen atoms in total. The van der Waals surface area contributed by atoms with E-state index in [1.54, 1.807) is 6.20 Å². The molecule has 4 heteroatoms. The molecule has 0 aliphatic rings. The summed E-state index contributed by atoms with van der Waals surface area (Å²) < 4.78 is 0. The minimum absolute atomic E-state index is 0.254. The number of nitrogens with two attached hydrogens (primary N) is 1. The summed E-state index contributed by atoms with van der Waals surface area (Å²) in [5.41, 5.74) is 8.19. The van der Waals surface area contributed by atoms with Gasteiger partial charge in [-0.1, -0.05) is 29.8 Å². The van der Waals surface area contributed by atoms with Crippen molar-refractivity contribution in [3.05, 3.63) is 53.7 Å². The third-order valence-electron chi connectivity index (χ3n) is 2.70. The van der Waals surface area contributed by atoms with E-state index in [1.165, 1.54) is 0 Å². The van der Waals surface area contributed by atoms with Crippen LogP contribution in [0.3, 0.4) is 0 Å². The Labute approximate surface area is 109 Å². The van der Waals surface area contributed by atoms with Crippen LogP contribution in [0.1, 0.15) is 0 Å². The van der Waals surface area contributed by atoms with E-state index in [-0.39, 0.29) is 5.95 Å². The van der Waals surface area contributed by atoms with Crippen molar-refractivity contribution >= 4 is 28.5 Å². The van der Waals surface area contributed by atoms with Gasteiger partial charge < -0.3 is 5.73 Å². The van der Waals surface area contributed by atoms with Gasteiger partial charge in [-0.25, -0.2) is 9.97 Å². The molecular formula is C14H9ClN3. The molecule has 0 amide bonds. The molecule has 3 rings (SSSR count). The van der Waals surface area contributed by atoms with E-state index in [2.05, 4.69) is 16.0 Å². The van der Waals surface area contributed by atoms with Crippen molar-refractivity contribution in [2.75, 3.05) is 5.73 Å². The largest absolute Gasteiger partial charge is 0.368 e. The highest BCUT2D eigenvalue weighted by atomic mass is 35.5. The molecular weight excluding hydrogens is 246 g/mol. The summed E-state index contributed by atoms with van der Waals surface area (Å²) in [5.74, 6) is 0.254. The van der Waals surface area contributed by atoms with Crippen LogP contribution in [0, 0.1) is 6.07 Å². The van der Waals surface area contributed by atoms with Gasteiger partial charge in [0, 0.05) is 28.2 Å². The van der Waals surface area contributed by atoms with Crippen LogP contribution in [0.4, 0.5) is 5.95 Å². The average molecular weight is 255 g/mol. The number of hydrogen-bond donors (Lipinski definition) is 1. The van der Waals surface area contributed by atoms with Gasteiger partial charge in [-0.2, -0.15) is 0 Å². The van der Waals surface area contributed by atoms with Crippen molar-refractivity contribution in [2.45, 2.75) is 0 Å². The van der Waals surface area contributed by atoms with E-state index in [4.69, 9.17) is 17.3 Å². The number of nitrogens with zero attached hydrogens (tertiary/aromatic N) is 2. The number of anilines is 1. The first kappa shape index (κ1) is 11.0. The fourth-order valence-corrected chi connectivity index (χ4v) is 2.08. The molecule has 0 atom stereocenters. The Hall–Kier alpha value is -2.13. The molecule has 0 bridgehead atoms. The number of rotatable bonds is 1. The molecule has 0 unspecified atom stereocenters. The van der Waals surface area contributed by atoms with Gasteiger partial charge in [0.1, 0.15) is 0 Å². The number of aromatic nitrogens is 2. The van der Waals surface area contributed by atoms with Crippen molar-refractivity contribution in [2.24, 2.45) is 0 Å². The summed E-state index contributed by atoms with van der Waals surface area (Å²) in [4.78, 5) is 8.09. The molecule has 2 aromatic carbocycles. The highest BCUT2D eigenvalue weighted by Crippen LogP contribution is 2.29. The monoisotopic (exact) mass is 254 g/mol. The SMILES string of the molecule is Nc1ncc2cc(-c3ccccc3Cl)c[c]c2n1. The van der Waals surface area contributed by atoms with Gasteiger partial charge in [-0.15, -0.1) is 0 Å². The Morgan fingerprint density at radius 1 is 1.22 bits per heavy atom. The lowest BCUT2D eigenvalue weighted by Gasteiger charge is -2.05. The topological polar surface area (TPSA) is 51.8 Å². The van der Waals surface area contributed by atoms with Gasteiger partial charge in [0.2, 0.25) is 5.95 Å². The van der Waals surface area contributed by atoms with Crippen LogP contribution < -0.4 is 5.73 Å². The molecule has 1 aromatic heterocycles. The normalized spacial score (nSPS) is 10.7. The molecule has 0 aliphatic carbocycles. The van der Waals surface area contributed by atoms with E-state index in [0.717, 1.165) is 16.5 Å². The fourth-order valence-electron chi connectivity index (χ4n) is 1.83. The Balaban J connectivity index is 2.20. The quantitative estimate of drug-likeness (QED) is 0.725. The van der Waals surface area contributed by atoms with Crippen LogP contribution >= 0.6 is 11.6 Å². The lowest BCUT2D eigenvalue weighted by Crippen LogP contribution is -1.94. The van der Waals surface area contributed by atoms with Gasteiger partial charge in [0.25, 0.3) is 0 Å². The van der Waals surface area contributed by atoms with Gasteiger partial charge >= 0.3 is 0 Å². The molecule has 87 valence electrons. The first-order chi connectivity index (χ1) is 8.74. The second kappa shape index (κ2) is 4.27. The van der Waals surface area contributed by atoms with Gasteiger partial charge in [-0.3, -0.25) is 0 Å². The zero-order valence-electron chi connectivity index (χ0n) is 9.39. The third-order valence-corrected chi connectivity index (χ3v) is 3.03. The fraction of sp³-hybridized carbons (Fsp3) is 0. The summed E-state index contributed by atoms with van der Waals surface area (Å²) in [6, 6.07) is 14.6. The summed E-state index contributed by atoms with van der Waals surface area (Å²) in [6.07, 6.45) is 1.69. The molecule has 2 N–H and O–H groups in total. The highest BCUT2D eigenvalue weighted by Gasteiger charge is 2.04. The molecule has 0 fully saturated rings. The van der Waals surface area contributed by atoms with Crippen molar-refractivity contribution in [1.29, 1.82) is 0 Å². The number of benzene rings is 2. The molecule has 18 heavy (non-hydrogen) atoms. The Morgan fingerprint density at radius 2 is 2.06 bits per heavy atom. The minimum atomic E-state index is 0.254. The van der Waals surface area contributed by atoms with Crippen LogP contribution in [0.5, 0.6) is 0 Å². The summed E-state index contributed by atoms with van der Waals surface area (Å²) in [5, 5.41) is 1.60. The maximum Gasteiger partial charge on any atom is 0.220 e. The van der Waals surface area contributed by atoms with E-state index in [9.17, 15) is 0 Å². The number of halogens is 1. The first-order valence-electron chi connectivity index (χ1n) is 5.43. The van der Waals surface area contributed by atoms with Crippen molar-refractivity contribution in [3.8, 4) is 11.1 Å². The highest BCUT2D eigenvalue weighted by molar-refractivity contribution is 6.33. The van der Waals surface area contributed by atoms with Crippen LogP contribution in [-0.4, -0.2) is 9.97 Å². The van der Waals surface area contributed by atoms with E-state index >= 15 is 0 Å². The smallest absolute Gasteiger partial charge is 0.220 e. The zero-order valence-corrected chi connectivity index (χ0v) is 10.1. The Kier molecular flexibility index (Phi) is 2.61. The van der Waals surface area contributed by atoms with Crippen molar-refractivity contribution in [1.82, 2.24) is 9.97 Å². The molecule has 3 aromatic rings. The predicted octanol–water partition coefficient (Wildman–Crippen LogP) is 3.33. The van der Waals surface area contributed by atoms with Crippen LogP contribution in [-0.2, 0) is 0 Å². The Bertz CT molecular complexity index is 725. The second-order valence-electron chi connectivity index (χ2n) is 3.90.